The Morgan fingerprint density at radius 1 is 0.905 bits per heavy atom. The number of hydrogen-bond acceptors (Lipinski definition) is 2. The minimum atomic E-state index is -1.95. The van der Waals surface area contributed by atoms with Gasteiger partial charge in [0.15, 0.2) is 23.3 Å². The molecule has 0 aliphatic carbocycles. The van der Waals surface area contributed by atoms with Crippen LogP contribution in [0.2, 0.25) is 0 Å². The molecule has 1 aromatic heterocycles. The quantitative estimate of drug-likeness (QED) is 0.313. The summed E-state index contributed by atoms with van der Waals surface area (Å²) >= 11 is 0. The number of nitrogens with two attached hydrogens (primary N) is 1. The summed E-state index contributed by atoms with van der Waals surface area (Å²) in [6, 6.07) is 3.27. The van der Waals surface area contributed by atoms with Crippen molar-refractivity contribution in [3.8, 4) is 11.4 Å². The monoisotopic (exact) mass is 299 g/mol. The lowest BCUT2D eigenvalue weighted by Gasteiger charge is -2.01. The van der Waals surface area contributed by atoms with E-state index in [4.69, 9.17) is 5.73 Å². The van der Waals surface area contributed by atoms with Gasteiger partial charge in [0.2, 0.25) is 0 Å². The van der Waals surface area contributed by atoms with E-state index in [1.165, 1.54) is 6.07 Å². The van der Waals surface area contributed by atoms with Crippen LogP contribution in [-0.2, 0) is 0 Å². The molecule has 3 aromatic rings. The second-order valence-corrected chi connectivity index (χ2v) is 4.30. The second kappa shape index (κ2) is 4.44. The van der Waals surface area contributed by atoms with Crippen LogP contribution in [0, 0.1) is 29.1 Å². The molecule has 3 rings (SSSR count). The number of anilines is 1. The number of H-pyrrole nitrogens is 1. The average molecular weight is 299 g/mol. The number of hydrogen-bond donors (Lipinski definition) is 2. The summed E-state index contributed by atoms with van der Waals surface area (Å²) in [6.07, 6.45) is 0. The molecule has 3 N–H and O–H groups in total. The van der Waals surface area contributed by atoms with E-state index >= 15 is 0 Å². The summed E-state index contributed by atoms with van der Waals surface area (Å²) in [5.74, 6) is -7.85. The lowest BCUT2D eigenvalue weighted by atomic mass is 10.1. The first-order chi connectivity index (χ1) is 9.90. The highest BCUT2D eigenvalue weighted by molar-refractivity contribution is 5.83. The molecule has 0 unspecified atom stereocenters. The van der Waals surface area contributed by atoms with E-state index in [1.807, 2.05) is 0 Å². The number of fused-ring (bicyclic) bond motifs is 1. The number of benzene rings is 2. The molecule has 0 bridgehead atoms. The fraction of sp³-hybridized carbons (Fsp3) is 0. The Kier molecular flexibility index (Phi) is 2.82. The summed E-state index contributed by atoms with van der Waals surface area (Å²) in [5.41, 5.74) is 4.34. The first-order valence-corrected chi connectivity index (χ1v) is 5.67. The molecule has 0 amide bonds. The maximum absolute atomic E-state index is 13.6. The van der Waals surface area contributed by atoms with Crippen LogP contribution in [0.5, 0.6) is 0 Å². The average Bonchev–Trinajstić information content (AvgIpc) is 2.88. The van der Waals surface area contributed by atoms with Crippen molar-refractivity contribution in [2.45, 2.75) is 0 Å². The summed E-state index contributed by atoms with van der Waals surface area (Å²) in [4.78, 5) is 5.97. The fourth-order valence-electron chi connectivity index (χ4n) is 1.97. The van der Waals surface area contributed by atoms with Gasteiger partial charge in [-0.3, -0.25) is 0 Å². The molecule has 0 fully saturated rings. The maximum Gasteiger partial charge on any atom is 0.199 e. The zero-order valence-corrected chi connectivity index (χ0v) is 10.1. The van der Waals surface area contributed by atoms with Gasteiger partial charge in [0.1, 0.15) is 22.7 Å². The highest BCUT2D eigenvalue weighted by Crippen LogP contribution is 2.30. The molecule has 0 saturated heterocycles. The minimum absolute atomic E-state index is 0.0455. The number of rotatable bonds is 1. The predicted octanol–water partition coefficient (Wildman–Crippen LogP) is 3.51. The molecule has 1 heterocycles. The van der Waals surface area contributed by atoms with Crippen LogP contribution < -0.4 is 5.73 Å². The number of aromatic nitrogens is 2. The van der Waals surface area contributed by atoms with Crippen molar-refractivity contribution < 1.29 is 22.0 Å². The second-order valence-electron chi connectivity index (χ2n) is 4.30. The van der Waals surface area contributed by atoms with Crippen molar-refractivity contribution in [1.29, 1.82) is 0 Å². The third-order valence-corrected chi connectivity index (χ3v) is 2.98. The van der Waals surface area contributed by atoms with E-state index < -0.39 is 40.1 Å². The van der Waals surface area contributed by atoms with E-state index in [2.05, 4.69) is 9.97 Å². The van der Waals surface area contributed by atoms with Crippen molar-refractivity contribution in [3.63, 3.8) is 0 Å². The van der Waals surface area contributed by atoms with Crippen molar-refractivity contribution >= 4 is 16.7 Å². The Morgan fingerprint density at radius 2 is 1.57 bits per heavy atom. The van der Waals surface area contributed by atoms with Gasteiger partial charge in [-0.2, -0.15) is 0 Å². The van der Waals surface area contributed by atoms with Gasteiger partial charge in [-0.1, -0.05) is 0 Å². The van der Waals surface area contributed by atoms with Crippen molar-refractivity contribution in [1.82, 2.24) is 9.97 Å². The molecule has 3 nitrogen and oxygen atoms in total. The molecule has 0 spiro atoms. The van der Waals surface area contributed by atoms with Crippen molar-refractivity contribution in [2.24, 2.45) is 0 Å². The van der Waals surface area contributed by atoms with Crippen LogP contribution in [0.15, 0.2) is 18.2 Å². The molecule has 0 atom stereocenters. The van der Waals surface area contributed by atoms with Crippen LogP contribution >= 0.6 is 0 Å². The largest absolute Gasteiger partial charge is 0.398 e. The highest BCUT2D eigenvalue weighted by Gasteiger charge is 2.24. The Hall–Kier alpha value is -2.64. The van der Waals surface area contributed by atoms with Gasteiger partial charge < -0.3 is 10.7 Å². The topological polar surface area (TPSA) is 54.7 Å². The smallest absolute Gasteiger partial charge is 0.199 e. The molecular formula is C13H6F5N3. The standard InChI is InChI=1S/C13H6F5N3/c14-4-1-2-5(6(19)3-4)13-20-11-9(17)7(15)8(16)10(18)12(11)21-13/h1-3H,19H2,(H,20,21). The summed E-state index contributed by atoms with van der Waals surface area (Å²) < 4.78 is 66.4. The maximum atomic E-state index is 13.6. The Morgan fingerprint density at radius 3 is 2.24 bits per heavy atom. The first kappa shape index (κ1) is 13.3. The molecule has 108 valence electrons. The lowest BCUT2D eigenvalue weighted by molar-refractivity contribution is 0.417. The van der Waals surface area contributed by atoms with Gasteiger partial charge in [0, 0.05) is 11.3 Å². The first-order valence-electron chi connectivity index (χ1n) is 5.67. The zero-order valence-electron chi connectivity index (χ0n) is 10.1. The number of nitrogens with zero attached hydrogens (tertiary/aromatic N) is 1. The van der Waals surface area contributed by atoms with E-state index in [1.54, 1.807) is 0 Å². The highest BCUT2D eigenvalue weighted by atomic mass is 19.2. The van der Waals surface area contributed by atoms with Crippen LogP contribution in [0.1, 0.15) is 0 Å². The molecule has 0 saturated carbocycles. The normalized spacial score (nSPS) is 11.3. The van der Waals surface area contributed by atoms with Gasteiger partial charge in [-0.25, -0.2) is 26.9 Å². The SMILES string of the molecule is Nc1cc(F)ccc1-c1nc2c(F)c(F)c(F)c(F)c2[nH]1. The van der Waals surface area contributed by atoms with Crippen molar-refractivity contribution in [3.05, 3.63) is 47.3 Å². The van der Waals surface area contributed by atoms with Crippen LogP contribution in [0.3, 0.4) is 0 Å². The van der Waals surface area contributed by atoms with E-state index in [-0.39, 0.29) is 17.1 Å². The third kappa shape index (κ3) is 1.91. The Bertz CT molecular complexity index is 827. The van der Waals surface area contributed by atoms with Gasteiger partial charge in [0.25, 0.3) is 0 Å². The minimum Gasteiger partial charge on any atom is -0.398 e. The zero-order chi connectivity index (χ0) is 15.3. The summed E-state index contributed by atoms with van der Waals surface area (Å²) in [6.45, 7) is 0. The molecule has 2 aromatic carbocycles. The number of nitrogens with one attached hydrogen (secondary N) is 1. The van der Waals surface area contributed by atoms with Crippen molar-refractivity contribution in [2.75, 3.05) is 5.73 Å². The van der Waals surface area contributed by atoms with Gasteiger partial charge >= 0.3 is 0 Å². The fourth-order valence-corrected chi connectivity index (χ4v) is 1.97. The van der Waals surface area contributed by atoms with Gasteiger partial charge in [0.05, 0.1) is 0 Å². The molecule has 0 aliphatic rings. The van der Waals surface area contributed by atoms with Gasteiger partial charge in [-0.05, 0) is 18.2 Å². The lowest BCUT2D eigenvalue weighted by Crippen LogP contribution is -1.97. The third-order valence-electron chi connectivity index (χ3n) is 2.98. The van der Waals surface area contributed by atoms with E-state index in [0.717, 1.165) is 12.1 Å². The molecule has 0 aliphatic heterocycles. The number of halogens is 5. The van der Waals surface area contributed by atoms with E-state index in [9.17, 15) is 22.0 Å². The number of aromatic amines is 1. The van der Waals surface area contributed by atoms with Gasteiger partial charge in [-0.15, -0.1) is 0 Å². The summed E-state index contributed by atoms with van der Waals surface area (Å²) in [7, 11) is 0. The van der Waals surface area contributed by atoms with Crippen LogP contribution in [-0.4, -0.2) is 9.97 Å². The Balaban J connectivity index is 2.31. The number of imidazole rings is 1. The number of nitrogen functional groups attached to an aromatic ring is 1. The molecule has 0 radical (unpaired) electrons. The van der Waals surface area contributed by atoms with Crippen LogP contribution in [0.25, 0.3) is 22.4 Å². The molecule has 8 heteroatoms. The van der Waals surface area contributed by atoms with E-state index in [0.29, 0.717) is 0 Å². The molecular weight excluding hydrogens is 293 g/mol. The van der Waals surface area contributed by atoms with Crippen LogP contribution in [0.4, 0.5) is 27.6 Å². The molecule has 21 heavy (non-hydrogen) atoms. The predicted molar refractivity (Wildman–Crippen MR) is 65.7 cm³/mol. The Labute approximate surface area is 114 Å². The summed E-state index contributed by atoms with van der Waals surface area (Å²) in [5, 5.41) is 0.